The van der Waals surface area contributed by atoms with Gasteiger partial charge in [-0.2, -0.15) is 0 Å². The summed E-state index contributed by atoms with van der Waals surface area (Å²) in [4.78, 5) is 0. The molecule has 0 aromatic heterocycles. The van der Waals surface area contributed by atoms with Crippen LogP contribution in [0.3, 0.4) is 0 Å². The van der Waals surface area contributed by atoms with E-state index < -0.39 is 6.10 Å². The molecule has 0 fully saturated rings. The van der Waals surface area contributed by atoms with Crippen molar-refractivity contribution in [2.75, 3.05) is 19.8 Å². The Bertz CT molecular complexity index is 443. The SMILES string of the molecule is Cc1cc2c(cc1C(O)CN)OCC(C)(C)CO2. The summed E-state index contributed by atoms with van der Waals surface area (Å²) in [5.41, 5.74) is 7.26. The minimum Gasteiger partial charge on any atom is -0.489 e. The third-order valence-electron chi connectivity index (χ3n) is 3.15. The summed E-state index contributed by atoms with van der Waals surface area (Å²) in [6, 6.07) is 3.74. The smallest absolute Gasteiger partial charge is 0.161 e. The van der Waals surface area contributed by atoms with Crippen LogP contribution in [0.4, 0.5) is 0 Å². The molecule has 4 nitrogen and oxygen atoms in total. The van der Waals surface area contributed by atoms with Crippen LogP contribution in [0.5, 0.6) is 11.5 Å². The van der Waals surface area contributed by atoms with E-state index in [-0.39, 0.29) is 12.0 Å². The van der Waals surface area contributed by atoms with Gasteiger partial charge in [0.15, 0.2) is 11.5 Å². The number of benzene rings is 1. The first kappa shape index (κ1) is 13.2. The molecule has 0 radical (unpaired) electrons. The van der Waals surface area contributed by atoms with Crippen LogP contribution in [-0.2, 0) is 0 Å². The average Bonchev–Trinajstić information content (AvgIpc) is 2.47. The molecule has 0 saturated carbocycles. The Morgan fingerprint density at radius 3 is 2.39 bits per heavy atom. The topological polar surface area (TPSA) is 64.7 Å². The van der Waals surface area contributed by atoms with Crippen LogP contribution in [-0.4, -0.2) is 24.9 Å². The second-order valence-electron chi connectivity index (χ2n) is 5.65. The third kappa shape index (κ3) is 2.60. The van der Waals surface area contributed by atoms with Crippen molar-refractivity contribution in [3.63, 3.8) is 0 Å². The molecular weight excluding hydrogens is 230 g/mol. The number of rotatable bonds is 2. The molecule has 100 valence electrons. The fraction of sp³-hybridized carbons (Fsp3) is 0.571. The van der Waals surface area contributed by atoms with Gasteiger partial charge in [0.2, 0.25) is 0 Å². The van der Waals surface area contributed by atoms with Gasteiger partial charge >= 0.3 is 0 Å². The van der Waals surface area contributed by atoms with E-state index in [1.54, 1.807) is 0 Å². The zero-order valence-electron chi connectivity index (χ0n) is 11.2. The van der Waals surface area contributed by atoms with Crippen LogP contribution < -0.4 is 15.2 Å². The van der Waals surface area contributed by atoms with Crippen molar-refractivity contribution in [1.82, 2.24) is 0 Å². The number of hydrogen-bond acceptors (Lipinski definition) is 4. The molecule has 0 spiro atoms. The van der Waals surface area contributed by atoms with Gasteiger partial charge in [-0.3, -0.25) is 0 Å². The van der Waals surface area contributed by atoms with Gasteiger partial charge in [0.1, 0.15) is 0 Å². The van der Waals surface area contributed by atoms with E-state index in [0.29, 0.717) is 19.0 Å². The lowest BCUT2D eigenvalue weighted by molar-refractivity contribution is 0.140. The Morgan fingerprint density at radius 2 is 1.83 bits per heavy atom. The number of aryl methyl sites for hydroxylation is 1. The number of aliphatic hydroxyl groups is 1. The molecule has 0 aliphatic carbocycles. The second-order valence-corrected chi connectivity index (χ2v) is 5.65. The maximum atomic E-state index is 9.86. The highest BCUT2D eigenvalue weighted by molar-refractivity contribution is 5.48. The molecule has 1 unspecified atom stereocenters. The summed E-state index contributed by atoms with van der Waals surface area (Å²) >= 11 is 0. The average molecular weight is 251 g/mol. The quantitative estimate of drug-likeness (QED) is 0.841. The maximum Gasteiger partial charge on any atom is 0.161 e. The Hall–Kier alpha value is -1.26. The van der Waals surface area contributed by atoms with Crippen LogP contribution in [0, 0.1) is 12.3 Å². The molecular formula is C14H21NO3. The van der Waals surface area contributed by atoms with E-state index in [4.69, 9.17) is 15.2 Å². The zero-order valence-corrected chi connectivity index (χ0v) is 11.2. The Balaban J connectivity index is 2.35. The van der Waals surface area contributed by atoms with Crippen LogP contribution in [0.25, 0.3) is 0 Å². The molecule has 1 aliphatic heterocycles. The fourth-order valence-electron chi connectivity index (χ4n) is 1.98. The van der Waals surface area contributed by atoms with Crippen LogP contribution >= 0.6 is 0 Å². The maximum absolute atomic E-state index is 9.86. The minimum atomic E-state index is -0.657. The summed E-state index contributed by atoms with van der Waals surface area (Å²) in [5.74, 6) is 1.43. The molecule has 0 amide bonds. The van der Waals surface area contributed by atoms with Gasteiger partial charge in [0, 0.05) is 12.0 Å². The first-order valence-corrected chi connectivity index (χ1v) is 6.21. The van der Waals surface area contributed by atoms with Crippen molar-refractivity contribution in [3.05, 3.63) is 23.3 Å². The fourth-order valence-corrected chi connectivity index (χ4v) is 1.98. The number of aliphatic hydroxyl groups excluding tert-OH is 1. The molecule has 2 rings (SSSR count). The van der Waals surface area contributed by atoms with E-state index in [2.05, 4.69) is 13.8 Å². The minimum absolute atomic E-state index is 0.0143. The van der Waals surface area contributed by atoms with Crippen molar-refractivity contribution in [2.24, 2.45) is 11.1 Å². The molecule has 4 heteroatoms. The lowest BCUT2D eigenvalue weighted by Crippen LogP contribution is -2.26. The first-order chi connectivity index (χ1) is 8.43. The summed E-state index contributed by atoms with van der Waals surface area (Å²) in [6.45, 7) is 7.56. The number of hydrogen-bond donors (Lipinski definition) is 2. The Labute approximate surface area is 108 Å². The lowest BCUT2D eigenvalue weighted by atomic mass is 9.97. The lowest BCUT2D eigenvalue weighted by Gasteiger charge is -2.19. The number of fused-ring (bicyclic) bond motifs is 1. The normalized spacial score (nSPS) is 19.2. The molecule has 1 aliphatic rings. The number of ether oxygens (including phenoxy) is 2. The highest BCUT2D eigenvalue weighted by atomic mass is 16.5. The van der Waals surface area contributed by atoms with E-state index in [0.717, 1.165) is 16.9 Å². The van der Waals surface area contributed by atoms with Gasteiger partial charge in [0.05, 0.1) is 19.3 Å². The van der Waals surface area contributed by atoms with Crippen molar-refractivity contribution < 1.29 is 14.6 Å². The molecule has 18 heavy (non-hydrogen) atoms. The van der Waals surface area contributed by atoms with E-state index in [1.807, 2.05) is 19.1 Å². The third-order valence-corrected chi connectivity index (χ3v) is 3.15. The first-order valence-electron chi connectivity index (χ1n) is 6.21. The summed E-state index contributed by atoms with van der Waals surface area (Å²) in [7, 11) is 0. The van der Waals surface area contributed by atoms with Gasteiger partial charge in [-0.25, -0.2) is 0 Å². The van der Waals surface area contributed by atoms with Gasteiger partial charge in [-0.1, -0.05) is 13.8 Å². The van der Waals surface area contributed by atoms with Gasteiger partial charge in [0.25, 0.3) is 0 Å². The Morgan fingerprint density at radius 1 is 1.28 bits per heavy atom. The number of nitrogens with two attached hydrogens (primary N) is 1. The molecule has 1 atom stereocenters. The highest BCUT2D eigenvalue weighted by Crippen LogP contribution is 2.37. The second kappa shape index (κ2) is 4.78. The molecule has 0 bridgehead atoms. The van der Waals surface area contributed by atoms with Gasteiger partial charge in [-0.05, 0) is 30.2 Å². The van der Waals surface area contributed by atoms with E-state index >= 15 is 0 Å². The van der Waals surface area contributed by atoms with Crippen molar-refractivity contribution >= 4 is 0 Å². The van der Waals surface area contributed by atoms with Crippen LogP contribution in [0.1, 0.15) is 31.1 Å². The predicted octanol–water partition coefficient (Wildman–Crippen LogP) is 1.78. The van der Waals surface area contributed by atoms with Crippen molar-refractivity contribution in [2.45, 2.75) is 26.9 Å². The largest absolute Gasteiger partial charge is 0.489 e. The van der Waals surface area contributed by atoms with Crippen molar-refractivity contribution in [3.8, 4) is 11.5 Å². The van der Waals surface area contributed by atoms with Crippen molar-refractivity contribution in [1.29, 1.82) is 0 Å². The summed E-state index contributed by atoms with van der Waals surface area (Å²) in [6.07, 6.45) is -0.657. The molecule has 0 saturated heterocycles. The summed E-state index contributed by atoms with van der Waals surface area (Å²) in [5, 5.41) is 9.86. The summed E-state index contributed by atoms with van der Waals surface area (Å²) < 4.78 is 11.6. The highest BCUT2D eigenvalue weighted by Gasteiger charge is 2.26. The van der Waals surface area contributed by atoms with Crippen LogP contribution in [0.2, 0.25) is 0 Å². The standard InChI is InChI=1S/C14H21NO3/c1-9-4-12-13(5-10(9)11(16)6-15)18-8-14(2,3)7-17-12/h4-5,11,16H,6-8,15H2,1-3H3. The van der Waals surface area contributed by atoms with E-state index in [1.165, 1.54) is 0 Å². The monoisotopic (exact) mass is 251 g/mol. The predicted molar refractivity (Wildman–Crippen MR) is 70.0 cm³/mol. The van der Waals surface area contributed by atoms with Crippen LogP contribution in [0.15, 0.2) is 12.1 Å². The van der Waals surface area contributed by atoms with Gasteiger partial charge < -0.3 is 20.3 Å². The zero-order chi connectivity index (χ0) is 13.3. The molecule has 3 N–H and O–H groups in total. The Kier molecular flexibility index (Phi) is 3.50. The molecule has 1 aromatic rings. The van der Waals surface area contributed by atoms with E-state index in [9.17, 15) is 5.11 Å². The molecule has 1 aromatic carbocycles. The molecule has 1 heterocycles. The van der Waals surface area contributed by atoms with Gasteiger partial charge in [-0.15, -0.1) is 0 Å².